The Morgan fingerprint density at radius 3 is 2.56 bits per heavy atom. The molecule has 0 radical (unpaired) electrons. The highest BCUT2D eigenvalue weighted by Gasteiger charge is 2.18. The quantitative estimate of drug-likeness (QED) is 0.849. The van der Waals surface area contributed by atoms with E-state index < -0.39 is 0 Å². The second-order valence-corrected chi connectivity index (χ2v) is 4.09. The number of nitrogens with two attached hydrogens (primary N) is 1. The maximum Gasteiger partial charge on any atom is 0.0991 e. The number of benzene rings is 1. The molecule has 2 rings (SSSR count). The predicted octanol–water partition coefficient (Wildman–Crippen LogP) is 1.51. The van der Waals surface area contributed by atoms with E-state index in [1.807, 2.05) is 24.3 Å². The molecule has 1 aliphatic heterocycles. The van der Waals surface area contributed by atoms with Crippen LogP contribution in [0.3, 0.4) is 0 Å². The van der Waals surface area contributed by atoms with E-state index in [4.69, 9.17) is 11.0 Å². The van der Waals surface area contributed by atoms with Gasteiger partial charge in [0.2, 0.25) is 0 Å². The molecule has 0 aliphatic carbocycles. The highest BCUT2D eigenvalue weighted by molar-refractivity contribution is 5.85. The molecule has 0 spiro atoms. The first kappa shape index (κ1) is 13.0. The van der Waals surface area contributed by atoms with E-state index in [2.05, 4.69) is 11.0 Å². The standard InChI is InChI=1S/C12H15N3.ClH/c13-7-10-1-3-11(4-2-10)8-15-6-5-12(14)9-15;/h1-4,12H,5-6,8-9,14H2;1H. The zero-order valence-corrected chi connectivity index (χ0v) is 9.91. The van der Waals surface area contributed by atoms with Crippen molar-refractivity contribution in [2.24, 2.45) is 5.73 Å². The summed E-state index contributed by atoms with van der Waals surface area (Å²) in [5, 5.41) is 8.67. The van der Waals surface area contributed by atoms with Crippen molar-refractivity contribution in [3.05, 3.63) is 35.4 Å². The second-order valence-electron chi connectivity index (χ2n) is 4.09. The molecule has 4 heteroatoms. The van der Waals surface area contributed by atoms with Crippen LogP contribution >= 0.6 is 12.4 Å². The SMILES string of the molecule is Cl.N#Cc1ccc(CN2CCC(N)C2)cc1. The van der Waals surface area contributed by atoms with E-state index in [1.54, 1.807) is 0 Å². The van der Waals surface area contributed by atoms with Gasteiger partial charge in [0.05, 0.1) is 11.6 Å². The Kier molecular flexibility index (Phi) is 4.75. The minimum Gasteiger partial charge on any atom is -0.326 e. The molecule has 1 aromatic rings. The van der Waals surface area contributed by atoms with Gasteiger partial charge in [-0.1, -0.05) is 12.1 Å². The number of nitrogens with zero attached hydrogens (tertiary/aromatic N) is 2. The van der Waals surface area contributed by atoms with Gasteiger partial charge in [0.15, 0.2) is 0 Å². The van der Waals surface area contributed by atoms with Crippen LogP contribution in [0.4, 0.5) is 0 Å². The van der Waals surface area contributed by atoms with Gasteiger partial charge in [0.25, 0.3) is 0 Å². The van der Waals surface area contributed by atoms with Gasteiger partial charge < -0.3 is 5.73 Å². The molecule has 1 heterocycles. The van der Waals surface area contributed by atoms with Crippen molar-refractivity contribution in [1.82, 2.24) is 4.90 Å². The average molecular weight is 238 g/mol. The van der Waals surface area contributed by atoms with E-state index in [9.17, 15) is 0 Å². The van der Waals surface area contributed by atoms with Crippen molar-refractivity contribution < 1.29 is 0 Å². The Morgan fingerprint density at radius 2 is 2.06 bits per heavy atom. The van der Waals surface area contributed by atoms with Crippen LogP contribution in [0.1, 0.15) is 17.5 Å². The van der Waals surface area contributed by atoms with E-state index in [0.717, 1.165) is 31.6 Å². The number of likely N-dealkylation sites (tertiary alicyclic amines) is 1. The minimum atomic E-state index is 0. The molecule has 86 valence electrons. The van der Waals surface area contributed by atoms with Crippen molar-refractivity contribution in [3.63, 3.8) is 0 Å². The van der Waals surface area contributed by atoms with Crippen molar-refractivity contribution in [3.8, 4) is 6.07 Å². The summed E-state index contributed by atoms with van der Waals surface area (Å²) in [6.45, 7) is 3.01. The van der Waals surface area contributed by atoms with Crippen LogP contribution in [0.15, 0.2) is 24.3 Å². The lowest BCUT2D eigenvalue weighted by Gasteiger charge is -2.14. The molecule has 0 aromatic heterocycles. The summed E-state index contributed by atoms with van der Waals surface area (Å²) in [6.07, 6.45) is 1.09. The van der Waals surface area contributed by atoms with Crippen LogP contribution in [0, 0.1) is 11.3 Å². The average Bonchev–Trinajstić information content (AvgIpc) is 2.65. The summed E-state index contributed by atoms with van der Waals surface area (Å²) in [6, 6.07) is 10.2. The molecule has 0 amide bonds. The maximum absolute atomic E-state index is 8.67. The van der Waals surface area contributed by atoms with Crippen LogP contribution in [0.5, 0.6) is 0 Å². The Balaban J connectivity index is 0.00000128. The first-order valence-electron chi connectivity index (χ1n) is 5.25. The van der Waals surface area contributed by atoms with E-state index in [-0.39, 0.29) is 12.4 Å². The summed E-state index contributed by atoms with van der Waals surface area (Å²) >= 11 is 0. The van der Waals surface area contributed by atoms with Gasteiger partial charge in [-0.15, -0.1) is 12.4 Å². The Hall–Kier alpha value is -1.08. The van der Waals surface area contributed by atoms with E-state index in [1.165, 1.54) is 5.56 Å². The van der Waals surface area contributed by atoms with E-state index in [0.29, 0.717) is 6.04 Å². The fourth-order valence-electron chi connectivity index (χ4n) is 1.95. The first-order valence-corrected chi connectivity index (χ1v) is 5.25. The number of halogens is 1. The fraction of sp³-hybridized carbons (Fsp3) is 0.417. The largest absolute Gasteiger partial charge is 0.326 e. The molecule has 1 saturated heterocycles. The minimum absolute atomic E-state index is 0. The third-order valence-electron chi connectivity index (χ3n) is 2.80. The van der Waals surface area contributed by atoms with Gasteiger partial charge in [-0.3, -0.25) is 4.90 Å². The van der Waals surface area contributed by atoms with Gasteiger partial charge >= 0.3 is 0 Å². The van der Waals surface area contributed by atoms with Crippen molar-refractivity contribution in [2.45, 2.75) is 19.0 Å². The van der Waals surface area contributed by atoms with Crippen LogP contribution < -0.4 is 5.73 Å². The fourth-order valence-corrected chi connectivity index (χ4v) is 1.95. The molecule has 0 saturated carbocycles. The zero-order chi connectivity index (χ0) is 10.7. The highest BCUT2D eigenvalue weighted by atomic mass is 35.5. The molecular formula is C12H16ClN3. The van der Waals surface area contributed by atoms with Gasteiger partial charge in [-0.25, -0.2) is 0 Å². The molecule has 1 aromatic carbocycles. The zero-order valence-electron chi connectivity index (χ0n) is 9.10. The Morgan fingerprint density at radius 1 is 1.38 bits per heavy atom. The lowest BCUT2D eigenvalue weighted by atomic mass is 10.1. The lowest BCUT2D eigenvalue weighted by molar-refractivity contribution is 0.327. The van der Waals surface area contributed by atoms with Gasteiger partial charge in [0.1, 0.15) is 0 Å². The molecule has 1 atom stereocenters. The maximum atomic E-state index is 8.67. The molecule has 1 aliphatic rings. The summed E-state index contributed by atoms with van der Waals surface area (Å²) in [5.74, 6) is 0. The van der Waals surface area contributed by atoms with E-state index >= 15 is 0 Å². The highest BCUT2D eigenvalue weighted by Crippen LogP contribution is 2.12. The van der Waals surface area contributed by atoms with Crippen LogP contribution in [0.25, 0.3) is 0 Å². The summed E-state index contributed by atoms with van der Waals surface area (Å²) in [4.78, 5) is 2.35. The smallest absolute Gasteiger partial charge is 0.0991 e. The summed E-state index contributed by atoms with van der Waals surface area (Å²) in [5.41, 5.74) is 7.81. The molecule has 2 N–H and O–H groups in total. The van der Waals surface area contributed by atoms with Gasteiger partial charge in [0, 0.05) is 25.7 Å². The first-order chi connectivity index (χ1) is 7.28. The topological polar surface area (TPSA) is 53.0 Å². The van der Waals surface area contributed by atoms with Crippen LogP contribution in [0.2, 0.25) is 0 Å². The summed E-state index contributed by atoms with van der Waals surface area (Å²) in [7, 11) is 0. The van der Waals surface area contributed by atoms with Crippen molar-refractivity contribution >= 4 is 12.4 Å². The molecule has 16 heavy (non-hydrogen) atoms. The molecule has 0 bridgehead atoms. The number of hydrogen-bond acceptors (Lipinski definition) is 3. The Labute approximate surface area is 102 Å². The van der Waals surface area contributed by atoms with Crippen molar-refractivity contribution in [1.29, 1.82) is 5.26 Å². The third-order valence-corrected chi connectivity index (χ3v) is 2.80. The van der Waals surface area contributed by atoms with Gasteiger partial charge in [-0.05, 0) is 24.1 Å². The number of rotatable bonds is 2. The Bertz CT molecular complexity index is 369. The monoisotopic (exact) mass is 237 g/mol. The lowest BCUT2D eigenvalue weighted by Crippen LogP contribution is -2.26. The number of nitriles is 1. The normalized spacial score (nSPS) is 20.1. The molecule has 3 nitrogen and oxygen atoms in total. The third kappa shape index (κ3) is 3.21. The predicted molar refractivity (Wildman–Crippen MR) is 66.3 cm³/mol. The van der Waals surface area contributed by atoms with Crippen LogP contribution in [-0.4, -0.2) is 24.0 Å². The molecular weight excluding hydrogens is 222 g/mol. The summed E-state index contributed by atoms with van der Waals surface area (Å²) < 4.78 is 0. The number of hydrogen-bond donors (Lipinski definition) is 1. The van der Waals surface area contributed by atoms with Gasteiger partial charge in [-0.2, -0.15) is 5.26 Å². The molecule has 1 unspecified atom stereocenters. The van der Waals surface area contributed by atoms with Crippen LogP contribution in [-0.2, 0) is 6.54 Å². The molecule has 1 fully saturated rings. The van der Waals surface area contributed by atoms with Crippen molar-refractivity contribution in [2.75, 3.05) is 13.1 Å². The second kappa shape index (κ2) is 5.86.